The highest BCUT2D eigenvalue weighted by atomic mass is 19.2. The first-order valence-electron chi connectivity index (χ1n) is 5.63. The lowest BCUT2D eigenvalue weighted by Gasteiger charge is -2.04. The van der Waals surface area contributed by atoms with Crippen molar-refractivity contribution < 1.29 is 8.78 Å². The smallest absolute Gasteiger partial charge is 0.184 e. The van der Waals surface area contributed by atoms with E-state index in [-0.39, 0.29) is 0 Å². The van der Waals surface area contributed by atoms with Crippen LogP contribution in [0.1, 0.15) is 5.56 Å². The molecule has 19 heavy (non-hydrogen) atoms. The van der Waals surface area contributed by atoms with Crippen LogP contribution in [0, 0.1) is 18.6 Å². The topological polar surface area (TPSA) is 56.2 Å². The van der Waals surface area contributed by atoms with E-state index in [1.165, 1.54) is 6.07 Å². The first-order valence-corrected chi connectivity index (χ1v) is 5.63. The van der Waals surface area contributed by atoms with Gasteiger partial charge < -0.3 is 5.73 Å². The third-order valence-corrected chi connectivity index (χ3v) is 3.01. The van der Waals surface area contributed by atoms with Crippen LogP contribution in [0.2, 0.25) is 0 Å². The number of anilines is 1. The Balaban J connectivity index is 2.26. The molecule has 0 saturated carbocycles. The Morgan fingerprint density at radius 3 is 2.63 bits per heavy atom. The van der Waals surface area contributed by atoms with Crippen molar-refractivity contribution in [3.8, 4) is 11.4 Å². The number of rotatable bonds is 1. The predicted octanol–water partition coefficient (Wildman–Crippen LogP) is 2.57. The summed E-state index contributed by atoms with van der Waals surface area (Å²) in [5.74, 6) is -1.40. The fourth-order valence-corrected chi connectivity index (χ4v) is 1.90. The van der Waals surface area contributed by atoms with Crippen molar-refractivity contribution in [2.24, 2.45) is 0 Å². The van der Waals surface area contributed by atoms with Crippen molar-refractivity contribution in [2.45, 2.75) is 6.92 Å². The second-order valence-corrected chi connectivity index (χ2v) is 4.26. The maximum Gasteiger partial charge on any atom is 0.184 e. The molecule has 3 aromatic rings. The molecule has 2 aromatic heterocycles. The molecule has 96 valence electrons. The van der Waals surface area contributed by atoms with Gasteiger partial charge in [-0.05, 0) is 36.8 Å². The molecule has 0 bridgehead atoms. The van der Waals surface area contributed by atoms with Gasteiger partial charge in [-0.1, -0.05) is 0 Å². The summed E-state index contributed by atoms with van der Waals surface area (Å²) in [4.78, 5) is 0. The Morgan fingerprint density at radius 1 is 1.11 bits per heavy atom. The number of aromatic nitrogens is 3. The number of aryl methyl sites for hydroxylation is 1. The summed E-state index contributed by atoms with van der Waals surface area (Å²) in [5, 5.41) is 7.96. The van der Waals surface area contributed by atoms with Gasteiger partial charge in [0.2, 0.25) is 0 Å². The van der Waals surface area contributed by atoms with Crippen LogP contribution in [0.4, 0.5) is 14.5 Å². The molecule has 0 saturated heterocycles. The Labute approximate surface area is 107 Å². The third-order valence-electron chi connectivity index (χ3n) is 3.01. The van der Waals surface area contributed by atoms with Crippen molar-refractivity contribution in [1.82, 2.24) is 14.6 Å². The number of nitrogen functional groups attached to an aromatic ring is 1. The molecule has 0 amide bonds. The molecule has 1 aromatic carbocycles. The lowest BCUT2D eigenvalue weighted by atomic mass is 10.2. The van der Waals surface area contributed by atoms with Gasteiger partial charge in [0, 0.05) is 11.8 Å². The quantitative estimate of drug-likeness (QED) is 0.731. The summed E-state index contributed by atoms with van der Waals surface area (Å²) >= 11 is 0. The second kappa shape index (κ2) is 4.01. The number of nitrogens with zero attached hydrogens (tertiary/aromatic N) is 3. The van der Waals surface area contributed by atoms with Crippen LogP contribution >= 0.6 is 0 Å². The van der Waals surface area contributed by atoms with Crippen LogP contribution in [0.15, 0.2) is 30.5 Å². The number of nitrogens with two attached hydrogens (primary N) is 1. The molecule has 0 spiro atoms. The van der Waals surface area contributed by atoms with Gasteiger partial charge >= 0.3 is 0 Å². The largest absolute Gasteiger partial charge is 0.395 e. The zero-order chi connectivity index (χ0) is 13.6. The van der Waals surface area contributed by atoms with E-state index < -0.39 is 11.6 Å². The Bertz CT molecular complexity index is 780. The highest BCUT2D eigenvalue weighted by molar-refractivity contribution is 5.71. The first-order chi connectivity index (χ1) is 9.08. The van der Waals surface area contributed by atoms with Crippen LogP contribution in [-0.4, -0.2) is 14.6 Å². The minimum atomic E-state index is -0.922. The summed E-state index contributed by atoms with van der Waals surface area (Å²) in [7, 11) is 0. The van der Waals surface area contributed by atoms with Crippen LogP contribution in [-0.2, 0) is 0 Å². The van der Waals surface area contributed by atoms with E-state index in [0.717, 1.165) is 17.7 Å². The number of hydrogen-bond acceptors (Lipinski definition) is 3. The standard InChI is InChI=1S/C13H10F2N4/c1-7-4-5-19-12(17-18-13(19)11(7)16)8-2-3-9(14)10(15)6-8/h2-6H,16H2,1H3. The second-order valence-electron chi connectivity index (χ2n) is 4.26. The van der Waals surface area contributed by atoms with Crippen molar-refractivity contribution in [1.29, 1.82) is 0 Å². The van der Waals surface area contributed by atoms with Crippen molar-refractivity contribution in [2.75, 3.05) is 5.73 Å². The minimum Gasteiger partial charge on any atom is -0.395 e. The number of benzene rings is 1. The molecule has 0 aliphatic rings. The van der Waals surface area contributed by atoms with Crippen LogP contribution in [0.3, 0.4) is 0 Å². The third kappa shape index (κ3) is 1.72. The lowest BCUT2D eigenvalue weighted by Crippen LogP contribution is -1.97. The number of hydrogen-bond donors (Lipinski definition) is 1. The van der Waals surface area contributed by atoms with Gasteiger partial charge in [-0.2, -0.15) is 0 Å². The maximum atomic E-state index is 13.3. The zero-order valence-electron chi connectivity index (χ0n) is 10.1. The van der Waals surface area contributed by atoms with Gasteiger partial charge in [0.1, 0.15) is 0 Å². The van der Waals surface area contributed by atoms with E-state index in [2.05, 4.69) is 10.2 Å². The fourth-order valence-electron chi connectivity index (χ4n) is 1.90. The van der Waals surface area contributed by atoms with E-state index in [9.17, 15) is 8.78 Å². The monoisotopic (exact) mass is 260 g/mol. The average Bonchev–Trinajstić information content (AvgIpc) is 2.82. The first kappa shape index (κ1) is 11.6. The number of pyridine rings is 1. The fraction of sp³-hybridized carbons (Fsp3) is 0.0769. The Hall–Kier alpha value is -2.50. The van der Waals surface area contributed by atoms with Gasteiger partial charge in [-0.15, -0.1) is 10.2 Å². The van der Waals surface area contributed by atoms with Crippen LogP contribution < -0.4 is 5.73 Å². The Kier molecular flexibility index (Phi) is 2.45. The van der Waals surface area contributed by atoms with Crippen LogP contribution in [0.5, 0.6) is 0 Å². The summed E-state index contributed by atoms with van der Waals surface area (Å²) in [6.07, 6.45) is 1.75. The summed E-state index contributed by atoms with van der Waals surface area (Å²) in [5.41, 5.74) is 8.25. The molecule has 6 heteroatoms. The maximum absolute atomic E-state index is 13.3. The molecule has 0 radical (unpaired) electrons. The summed E-state index contributed by atoms with van der Waals surface area (Å²) in [6.45, 7) is 1.86. The molecule has 0 unspecified atom stereocenters. The van der Waals surface area contributed by atoms with Crippen molar-refractivity contribution in [3.63, 3.8) is 0 Å². The molecular formula is C13H10F2N4. The Morgan fingerprint density at radius 2 is 1.89 bits per heavy atom. The van der Waals surface area contributed by atoms with E-state index in [1.807, 2.05) is 13.0 Å². The zero-order valence-corrected chi connectivity index (χ0v) is 10.1. The average molecular weight is 260 g/mol. The van der Waals surface area contributed by atoms with Gasteiger partial charge in [-0.3, -0.25) is 4.40 Å². The van der Waals surface area contributed by atoms with E-state index in [1.54, 1.807) is 10.6 Å². The molecule has 0 aliphatic heterocycles. The van der Waals surface area contributed by atoms with Gasteiger partial charge in [0.15, 0.2) is 23.1 Å². The molecule has 3 rings (SSSR count). The number of halogens is 2. The van der Waals surface area contributed by atoms with Gasteiger partial charge in [0.25, 0.3) is 0 Å². The molecule has 0 atom stereocenters. The summed E-state index contributed by atoms with van der Waals surface area (Å²) in [6, 6.07) is 5.41. The number of fused-ring (bicyclic) bond motifs is 1. The molecule has 2 heterocycles. The predicted molar refractivity (Wildman–Crippen MR) is 67.5 cm³/mol. The highest BCUT2D eigenvalue weighted by Gasteiger charge is 2.13. The molecule has 0 aliphatic carbocycles. The van der Waals surface area contributed by atoms with Gasteiger partial charge in [0.05, 0.1) is 5.69 Å². The molecule has 4 nitrogen and oxygen atoms in total. The molecule has 0 fully saturated rings. The van der Waals surface area contributed by atoms with Crippen LogP contribution in [0.25, 0.3) is 17.0 Å². The van der Waals surface area contributed by atoms with E-state index in [0.29, 0.717) is 22.7 Å². The normalized spacial score (nSPS) is 11.1. The highest BCUT2D eigenvalue weighted by Crippen LogP contribution is 2.24. The lowest BCUT2D eigenvalue weighted by molar-refractivity contribution is 0.509. The molecular weight excluding hydrogens is 250 g/mol. The van der Waals surface area contributed by atoms with Gasteiger partial charge in [-0.25, -0.2) is 8.78 Å². The molecule has 2 N–H and O–H groups in total. The minimum absolute atomic E-state index is 0.417. The van der Waals surface area contributed by atoms with E-state index in [4.69, 9.17) is 5.73 Å². The van der Waals surface area contributed by atoms with E-state index >= 15 is 0 Å². The van der Waals surface area contributed by atoms with Crippen molar-refractivity contribution >= 4 is 11.3 Å². The van der Waals surface area contributed by atoms with Crippen molar-refractivity contribution in [3.05, 3.63) is 47.7 Å². The SMILES string of the molecule is Cc1ccn2c(-c3ccc(F)c(F)c3)nnc2c1N. The summed E-state index contributed by atoms with van der Waals surface area (Å²) < 4.78 is 27.8.